The number of aliphatic hydroxyl groups excluding tert-OH is 4. The normalized spacial score (nSPS) is 27.1. The molecule has 4 atom stereocenters. The molecule has 0 saturated carbocycles. The van der Waals surface area contributed by atoms with Crippen molar-refractivity contribution in [3.63, 3.8) is 0 Å². The molecule has 1 aliphatic rings. The molecular weight excluding hydrogens is 245 g/mol. The first kappa shape index (κ1) is 15.4. The summed E-state index contributed by atoms with van der Waals surface area (Å²) < 4.78 is 10.6. The lowest BCUT2D eigenvalue weighted by atomic mass is 9.91. The summed E-state index contributed by atoms with van der Waals surface area (Å²) in [5, 5.41) is 39.3. The van der Waals surface area contributed by atoms with Crippen molar-refractivity contribution in [2.45, 2.75) is 31.3 Å². The minimum atomic E-state index is -1.24. The summed E-state index contributed by atoms with van der Waals surface area (Å²) in [6.45, 7) is 0.208. The van der Waals surface area contributed by atoms with Crippen LogP contribution in [0.5, 0.6) is 0 Å². The maximum atomic E-state index is 10.7. The number of hydrogen-bond acceptors (Lipinski definition) is 7. The van der Waals surface area contributed by atoms with Crippen molar-refractivity contribution in [1.82, 2.24) is 5.32 Å². The van der Waals surface area contributed by atoms with E-state index in [9.17, 15) is 15.0 Å². The van der Waals surface area contributed by atoms with Gasteiger partial charge in [0.15, 0.2) is 0 Å². The van der Waals surface area contributed by atoms with E-state index in [2.05, 4.69) is 5.32 Å². The number of hydrogen-bond donors (Lipinski definition) is 5. The van der Waals surface area contributed by atoms with Gasteiger partial charge in [-0.2, -0.15) is 0 Å². The van der Waals surface area contributed by atoms with Crippen LogP contribution in [-0.2, 0) is 14.1 Å². The molecule has 1 heterocycles. The van der Waals surface area contributed by atoms with Gasteiger partial charge < -0.3 is 35.1 Å². The Hall–Kier alpha value is -0.705. The van der Waals surface area contributed by atoms with Gasteiger partial charge in [0.2, 0.25) is 5.91 Å². The molecule has 0 aromatic heterocycles. The topological polar surface area (TPSA) is 128 Å². The molecule has 0 aliphatic carbocycles. The number of carbonyl (C=O) groups excluding carboxylic acids is 1. The van der Waals surface area contributed by atoms with Crippen LogP contribution >= 0.6 is 0 Å². The van der Waals surface area contributed by atoms with E-state index in [1.165, 1.54) is 6.92 Å². The Labute approximate surface area is 105 Å². The highest BCUT2D eigenvalue weighted by molar-refractivity contribution is 6.45. The molecule has 0 bridgehead atoms. The van der Waals surface area contributed by atoms with Crippen LogP contribution in [0, 0.1) is 0 Å². The molecule has 0 radical (unpaired) electrons. The summed E-state index contributed by atoms with van der Waals surface area (Å²) in [5.41, 5.74) is 0. The average molecular weight is 263 g/mol. The predicted octanol–water partition coefficient (Wildman–Crippen LogP) is -3.36. The van der Waals surface area contributed by atoms with E-state index in [4.69, 9.17) is 19.5 Å². The highest BCUT2D eigenvalue weighted by atomic mass is 16.7. The number of carbonyl (C=O) groups is 1. The summed E-state index contributed by atoms with van der Waals surface area (Å²) in [6, 6.07) is 0. The fourth-order valence-electron chi connectivity index (χ4n) is 1.69. The quantitative estimate of drug-likeness (QED) is 0.316. The first-order valence-electron chi connectivity index (χ1n) is 5.62. The largest absolute Gasteiger partial charge is 0.478 e. The summed E-state index contributed by atoms with van der Waals surface area (Å²) in [5.74, 6) is -0.271. The van der Waals surface area contributed by atoms with Crippen LogP contribution in [0.1, 0.15) is 6.92 Å². The zero-order chi connectivity index (χ0) is 13.7. The Morgan fingerprint density at radius 2 is 1.67 bits per heavy atom. The third kappa shape index (κ3) is 3.90. The summed E-state index contributed by atoms with van der Waals surface area (Å²) in [7, 11) is -0.841. The molecule has 5 N–H and O–H groups in total. The zero-order valence-electron chi connectivity index (χ0n) is 10.0. The van der Waals surface area contributed by atoms with Gasteiger partial charge in [-0.05, 0) is 0 Å². The van der Waals surface area contributed by atoms with E-state index in [0.29, 0.717) is 0 Å². The van der Waals surface area contributed by atoms with Crippen molar-refractivity contribution in [3.05, 3.63) is 0 Å². The van der Waals surface area contributed by atoms with Crippen molar-refractivity contribution in [1.29, 1.82) is 0 Å². The molecule has 0 aromatic carbocycles. The van der Waals surface area contributed by atoms with Gasteiger partial charge in [-0.1, -0.05) is 0 Å². The Morgan fingerprint density at radius 3 is 2.00 bits per heavy atom. The van der Waals surface area contributed by atoms with Gasteiger partial charge in [0, 0.05) is 6.92 Å². The highest BCUT2D eigenvalue weighted by Crippen LogP contribution is 2.22. The molecule has 9 heteroatoms. The minimum absolute atomic E-state index is 0.0542. The van der Waals surface area contributed by atoms with Gasteiger partial charge in [0.25, 0.3) is 0 Å². The molecule has 4 unspecified atom stereocenters. The Bertz CT molecular complexity index is 262. The van der Waals surface area contributed by atoms with Crippen LogP contribution < -0.4 is 5.32 Å². The summed E-state index contributed by atoms with van der Waals surface area (Å²) in [4.78, 5) is 10.7. The molecule has 8 nitrogen and oxygen atoms in total. The monoisotopic (exact) mass is 263 g/mol. The van der Waals surface area contributed by atoms with Gasteiger partial charge in [-0.3, -0.25) is 4.79 Å². The van der Waals surface area contributed by atoms with E-state index < -0.39 is 44.7 Å². The molecule has 0 spiro atoms. The molecule has 1 rings (SSSR count). The molecule has 0 aromatic rings. The predicted molar refractivity (Wildman–Crippen MR) is 60.4 cm³/mol. The van der Waals surface area contributed by atoms with E-state index in [1.807, 2.05) is 0 Å². The van der Waals surface area contributed by atoms with Crippen molar-refractivity contribution in [2.24, 2.45) is 0 Å². The molecule has 1 aliphatic heterocycles. The fraction of sp³-hybridized carbons (Fsp3) is 0.889. The summed E-state index contributed by atoms with van der Waals surface area (Å²) in [6.07, 6.45) is -4.34. The molecule has 1 amide bonds. The second-order valence-electron chi connectivity index (χ2n) is 4.07. The minimum Gasteiger partial charge on any atom is -0.402 e. The highest BCUT2D eigenvalue weighted by Gasteiger charge is 2.45. The van der Waals surface area contributed by atoms with Crippen molar-refractivity contribution >= 4 is 13.0 Å². The fourth-order valence-corrected chi connectivity index (χ4v) is 1.69. The smallest absolute Gasteiger partial charge is 0.402 e. The van der Waals surface area contributed by atoms with Gasteiger partial charge >= 0.3 is 7.12 Å². The third-order valence-corrected chi connectivity index (χ3v) is 2.59. The van der Waals surface area contributed by atoms with Gasteiger partial charge in [0.1, 0.15) is 12.2 Å². The van der Waals surface area contributed by atoms with Crippen LogP contribution in [0.25, 0.3) is 0 Å². The van der Waals surface area contributed by atoms with E-state index in [0.717, 1.165) is 0 Å². The molecule has 104 valence electrons. The van der Waals surface area contributed by atoms with E-state index >= 15 is 0 Å². The SMILES string of the molecule is CC(=O)NCB1OC(C(O)CO)C(C(O)CO)O1. The van der Waals surface area contributed by atoms with Gasteiger partial charge in [0.05, 0.1) is 31.9 Å². The summed E-state index contributed by atoms with van der Waals surface area (Å²) >= 11 is 0. The van der Waals surface area contributed by atoms with Crippen molar-refractivity contribution in [2.75, 3.05) is 19.7 Å². The van der Waals surface area contributed by atoms with Crippen LogP contribution in [-0.4, -0.2) is 77.5 Å². The lowest BCUT2D eigenvalue weighted by molar-refractivity contribution is -0.118. The number of rotatable bonds is 6. The maximum absolute atomic E-state index is 10.7. The second-order valence-corrected chi connectivity index (χ2v) is 4.07. The zero-order valence-corrected chi connectivity index (χ0v) is 10.0. The van der Waals surface area contributed by atoms with E-state index in [1.54, 1.807) is 0 Å². The van der Waals surface area contributed by atoms with Crippen LogP contribution in [0.3, 0.4) is 0 Å². The lowest BCUT2D eigenvalue weighted by Gasteiger charge is -2.24. The number of aliphatic hydroxyl groups is 4. The Morgan fingerprint density at radius 1 is 1.22 bits per heavy atom. The maximum Gasteiger partial charge on any atom is 0.478 e. The standard InChI is InChI=1S/C9H18BNO7/c1-5(14)11-4-10-17-8(6(15)2-12)9(18-10)7(16)3-13/h6-9,12-13,15-16H,2-4H2,1H3,(H,11,14). The first-order valence-corrected chi connectivity index (χ1v) is 5.62. The van der Waals surface area contributed by atoms with Crippen LogP contribution in [0.15, 0.2) is 0 Å². The van der Waals surface area contributed by atoms with Crippen LogP contribution in [0.4, 0.5) is 0 Å². The molecule has 18 heavy (non-hydrogen) atoms. The molecule has 1 fully saturated rings. The second kappa shape index (κ2) is 7.02. The number of amides is 1. The van der Waals surface area contributed by atoms with Gasteiger partial charge in [-0.15, -0.1) is 0 Å². The molecule has 1 saturated heterocycles. The van der Waals surface area contributed by atoms with Crippen molar-refractivity contribution in [3.8, 4) is 0 Å². The van der Waals surface area contributed by atoms with Gasteiger partial charge in [-0.25, -0.2) is 0 Å². The van der Waals surface area contributed by atoms with Crippen molar-refractivity contribution < 1.29 is 34.5 Å². The Kier molecular flexibility index (Phi) is 5.99. The van der Waals surface area contributed by atoms with E-state index in [-0.39, 0.29) is 12.4 Å². The number of nitrogens with one attached hydrogen (secondary N) is 1. The molecular formula is C9H18BNO7. The van der Waals surface area contributed by atoms with Crippen LogP contribution in [0.2, 0.25) is 0 Å². The Balaban J connectivity index is 2.60. The first-order chi connectivity index (χ1) is 8.49. The third-order valence-electron chi connectivity index (χ3n) is 2.59. The average Bonchev–Trinajstić information content (AvgIpc) is 2.78. The lowest BCUT2D eigenvalue weighted by Crippen LogP contribution is -2.45.